The number of nitrogens with zero attached hydrogens (tertiary/aromatic N) is 2. The molecule has 0 saturated carbocycles. The van der Waals surface area contributed by atoms with Crippen molar-refractivity contribution in [1.29, 1.82) is 0 Å². The molecule has 0 fully saturated rings. The summed E-state index contributed by atoms with van der Waals surface area (Å²) in [6, 6.07) is 2.09. The van der Waals surface area contributed by atoms with Gasteiger partial charge in [-0.15, -0.1) is 11.3 Å². The molecule has 3 N–H and O–H groups in total. The number of hydrogen-bond donors (Lipinski definition) is 2. The van der Waals surface area contributed by atoms with Gasteiger partial charge in [0.15, 0.2) is 0 Å². The van der Waals surface area contributed by atoms with E-state index in [0.717, 1.165) is 35.7 Å². The second-order valence-electron chi connectivity index (χ2n) is 4.49. The zero-order valence-electron chi connectivity index (χ0n) is 10.3. The Morgan fingerprint density at radius 3 is 3.11 bits per heavy atom. The van der Waals surface area contributed by atoms with Gasteiger partial charge in [0.05, 0.1) is 12.1 Å². The lowest BCUT2D eigenvalue weighted by Gasteiger charge is -2.11. The lowest BCUT2D eigenvalue weighted by Crippen LogP contribution is -2.15. The Hall–Kier alpha value is -1.53. The summed E-state index contributed by atoms with van der Waals surface area (Å²) in [5, 5.41) is 6.28. The van der Waals surface area contributed by atoms with Crippen LogP contribution in [0.25, 0.3) is 0 Å². The maximum Gasteiger partial charge on any atom is 0.136 e. The topological polar surface area (TPSA) is 63.8 Å². The van der Waals surface area contributed by atoms with Crippen molar-refractivity contribution in [2.75, 3.05) is 5.32 Å². The highest BCUT2D eigenvalue weighted by Gasteiger charge is 2.17. The molecule has 1 aliphatic carbocycles. The molecule has 0 radical (unpaired) electrons. The van der Waals surface area contributed by atoms with Gasteiger partial charge in [-0.3, -0.25) is 0 Å². The summed E-state index contributed by atoms with van der Waals surface area (Å²) in [7, 11) is 0. The molecule has 0 amide bonds. The molecule has 2 heterocycles. The summed E-state index contributed by atoms with van der Waals surface area (Å²) < 4.78 is 0. The molecule has 0 spiro atoms. The third-order valence-corrected chi connectivity index (χ3v) is 4.21. The molecule has 0 aliphatic heterocycles. The maximum absolute atomic E-state index is 5.80. The summed E-state index contributed by atoms with van der Waals surface area (Å²) >= 11 is 6.74. The highest BCUT2D eigenvalue weighted by atomic mass is 32.1. The molecule has 0 unspecified atom stereocenters. The summed E-state index contributed by atoms with van der Waals surface area (Å²) in [5.41, 5.74) is 9.08. The first-order valence-electron chi connectivity index (χ1n) is 6.19. The Kier molecular flexibility index (Phi) is 3.44. The molecule has 19 heavy (non-hydrogen) atoms. The predicted octanol–water partition coefficient (Wildman–Crippen LogP) is 2.27. The van der Waals surface area contributed by atoms with Crippen LogP contribution < -0.4 is 11.1 Å². The van der Waals surface area contributed by atoms with Crippen molar-refractivity contribution >= 4 is 34.4 Å². The summed E-state index contributed by atoms with van der Waals surface area (Å²) in [4.78, 5) is 9.31. The van der Waals surface area contributed by atoms with E-state index in [1.165, 1.54) is 11.3 Å². The standard InChI is InChI=1S/C13H14N4S2/c14-12(18)9-6-8-2-1-3-10(8)17-13(9)16-7-11-15-4-5-19-11/h4-6H,1-3,7H2,(H2,14,18)(H,16,17). The van der Waals surface area contributed by atoms with Gasteiger partial charge in [0.1, 0.15) is 15.8 Å². The quantitative estimate of drug-likeness (QED) is 0.846. The van der Waals surface area contributed by atoms with Crippen molar-refractivity contribution in [2.45, 2.75) is 25.8 Å². The van der Waals surface area contributed by atoms with Crippen LogP contribution in [0.4, 0.5) is 5.82 Å². The number of hydrogen-bond acceptors (Lipinski definition) is 5. The first-order chi connectivity index (χ1) is 9.24. The highest BCUT2D eigenvalue weighted by Crippen LogP contribution is 2.25. The molecule has 0 atom stereocenters. The molecular weight excluding hydrogens is 276 g/mol. The lowest BCUT2D eigenvalue weighted by molar-refractivity contribution is 0.899. The SMILES string of the molecule is NC(=S)c1cc2c(nc1NCc1nccs1)CCC2. The number of aromatic nitrogens is 2. The average molecular weight is 290 g/mol. The Labute approximate surface area is 121 Å². The van der Waals surface area contributed by atoms with Gasteiger partial charge in [0.2, 0.25) is 0 Å². The minimum absolute atomic E-state index is 0.392. The van der Waals surface area contributed by atoms with E-state index in [9.17, 15) is 0 Å². The molecule has 6 heteroatoms. The van der Waals surface area contributed by atoms with Crippen LogP contribution in [-0.4, -0.2) is 15.0 Å². The zero-order valence-corrected chi connectivity index (χ0v) is 12.0. The molecule has 2 aromatic heterocycles. The fraction of sp³-hybridized carbons (Fsp3) is 0.308. The van der Waals surface area contributed by atoms with Gasteiger partial charge in [-0.05, 0) is 30.9 Å². The molecule has 1 aliphatic rings. The number of rotatable bonds is 4. The number of aryl methyl sites for hydroxylation is 2. The van der Waals surface area contributed by atoms with Gasteiger partial charge >= 0.3 is 0 Å². The first-order valence-corrected chi connectivity index (χ1v) is 7.47. The van der Waals surface area contributed by atoms with E-state index in [1.807, 2.05) is 5.38 Å². The molecule has 0 saturated heterocycles. The van der Waals surface area contributed by atoms with Crippen molar-refractivity contribution in [3.8, 4) is 0 Å². The van der Waals surface area contributed by atoms with Crippen LogP contribution in [0.3, 0.4) is 0 Å². The number of thiazole rings is 1. The number of nitrogens with one attached hydrogen (secondary N) is 1. The van der Waals surface area contributed by atoms with E-state index in [0.29, 0.717) is 11.5 Å². The molecule has 0 bridgehead atoms. The van der Waals surface area contributed by atoms with E-state index in [1.54, 1.807) is 17.5 Å². The second kappa shape index (κ2) is 5.22. The van der Waals surface area contributed by atoms with E-state index in [-0.39, 0.29) is 0 Å². The number of anilines is 1. The van der Waals surface area contributed by atoms with Crippen LogP contribution in [0, 0.1) is 0 Å². The summed E-state index contributed by atoms with van der Waals surface area (Å²) in [6.45, 7) is 0.652. The van der Waals surface area contributed by atoms with Crippen LogP contribution in [0.15, 0.2) is 17.6 Å². The predicted molar refractivity (Wildman–Crippen MR) is 81.6 cm³/mol. The smallest absolute Gasteiger partial charge is 0.136 e. The molecule has 4 nitrogen and oxygen atoms in total. The Morgan fingerprint density at radius 1 is 1.47 bits per heavy atom. The minimum atomic E-state index is 0.392. The normalized spacial score (nSPS) is 13.3. The van der Waals surface area contributed by atoms with E-state index in [4.69, 9.17) is 18.0 Å². The molecule has 98 valence electrons. The summed E-state index contributed by atoms with van der Waals surface area (Å²) in [6.07, 6.45) is 5.07. The van der Waals surface area contributed by atoms with Gasteiger partial charge in [-0.1, -0.05) is 12.2 Å². The summed E-state index contributed by atoms with van der Waals surface area (Å²) in [5.74, 6) is 0.781. The van der Waals surface area contributed by atoms with E-state index in [2.05, 4.69) is 21.4 Å². The number of fused-ring (bicyclic) bond motifs is 1. The Morgan fingerprint density at radius 2 is 2.37 bits per heavy atom. The monoisotopic (exact) mass is 290 g/mol. The van der Waals surface area contributed by atoms with Crippen LogP contribution in [0.2, 0.25) is 0 Å². The molecule has 2 aromatic rings. The fourth-order valence-electron chi connectivity index (χ4n) is 2.29. The number of thiocarbonyl (C=S) groups is 1. The number of nitrogens with two attached hydrogens (primary N) is 1. The van der Waals surface area contributed by atoms with Gasteiger partial charge in [-0.25, -0.2) is 9.97 Å². The van der Waals surface area contributed by atoms with Crippen molar-refractivity contribution in [2.24, 2.45) is 5.73 Å². The largest absolute Gasteiger partial charge is 0.389 e. The van der Waals surface area contributed by atoms with E-state index >= 15 is 0 Å². The lowest BCUT2D eigenvalue weighted by atomic mass is 10.1. The van der Waals surface area contributed by atoms with Crippen LogP contribution >= 0.6 is 23.6 Å². The van der Waals surface area contributed by atoms with Crippen molar-refractivity contribution in [1.82, 2.24) is 9.97 Å². The van der Waals surface area contributed by atoms with Crippen molar-refractivity contribution in [3.05, 3.63) is 39.5 Å². The minimum Gasteiger partial charge on any atom is -0.389 e. The van der Waals surface area contributed by atoms with Gasteiger partial charge < -0.3 is 11.1 Å². The maximum atomic E-state index is 5.80. The van der Waals surface area contributed by atoms with Gasteiger partial charge in [-0.2, -0.15) is 0 Å². The molecule has 3 rings (SSSR count). The van der Waals surface area contributed by atoms with Crippen LogP contribution in [0.5, 0.6) is 0 Å². The van der Waals surface area contributed by atoms with Crippen molar-refractivity contribution < 1.29 is 0 Å². The zero-order chi connectivity index (χ0) is 13.2. The Balaban J connectivity index is 1.88. The highest BCUT2D eigenvalue weighted by molar-refractivity contribution is 7.80. The van der Waals surface area contributed by atoms with Crippen LogP contribution in [-0.2, 0) is 19.4 Å². The Bertz CT molecular complexity index is 607. The third kappa shape index (κ3) is 2.59. The van der Waals surface area contributed by atoms with E-state index < -0.39 is 0 Å². The molecule has 0 aromatic carbocycles. The van der Waals surface area contributed by atoms with Gasteiger partial charge in [0.25, 0.3) is 0 Å². The first kappa shape index (κ1) is 12.5. The average Bonchev–Trinajstić information content (AvgIpc) is 3.05. The number of pyridine rings is 1. The fourth-order valence-corrected chi connectivity index (χ4v) is 3.01. The molecular formula is C13H14N4S2. The van der Waals surface area contributed by atoms with Crippen molar-refractivity contribution in [3.63, 3.8) is 0 Å². The third-order valence-electron chi connectivity index (χ3n) is 3.21. The van der Waals surface area contributed by atoms with Crippen LogP contribution in [0.1, 0.15) is 28.2 Å². The second-order valence-corrected chi connectivity index (χ2v) is 5.91. The van der Waals surface area contributed by atoms with Gasteiger partial charge in [0, 0.05) is 17.3 Å².